The Labute approximate surface area is 95.7 Å². The molecule has 0 saturated heterocycles. The summed E-state index contributed by atoms with van der Waals surface area (Å²) in [4.78, 5) is 21.7. The molecule has 2 N–H and O–H groups in total. The van der Waals surface area contributed by atoms with Crippen LogP contribution in [0.25, 0.3) is 0 Å². The SMILES string of the molecule is [2H]CO[C@@H]([C@H](O)[C@H](C=O)OC[2H])[C@H](O)C(=O)OC. The van der Waals surface area contributed by atoms with Gasteiger partial charge in [-0.15, -0.1) is 0 Å². The van der Waals surface area contributed by atoms with Crippen molar-refractivity contribution in [2.45, 2.75) is 24.4 Å². The minimum absolute atomic E-state index is 0.212. The van der Waals surface area contributed by atoms with Crippen LogP contribution in [0.3, 0.4) is 0 Å². The Morgan fingerprint density at radius 3 is 2.44 bits per heavy atom. The minimum Gasteiger partial charge on any atom is -0.467 e. The molecule has 0 rings (SSSR count). The Kier molecular flexibility index (Phi) is 5.22. The van der Waals surface area contributed by atoms with E-state index in [0.717, 1.165) is 7.11 Å². The zero-order chi connectivity index (χ0) is 14.1. The van der Waals surface area contributed by atoms with E-state index in [1.807, 2.05) is 0 Å². The molecule has 16 heavy (non-hydrogen) atoms. The van der Waals surface area contributed by atoms with Crippen LogP contribution in [0, 0.1) is 0 Å². The number of esters is 1. The number of hydrogen-bond acceptors (Lipinski definition) is 7. The van der Waals surface area contributed by atoms with Gasteiger partial charge in [-0.2, -0.15) is 0 Å². The van der Waals surface area contributed by atoms with E-state index in [0.29, 0.717) is 0 Å². The van der Waals surface area contributed by atoms with Crippen LogP contribution in [-0.4, -0.2) is 68.2 Å². The second-order valence-electron chi connectivity index (χ2n) is 2.86. The normalized spacial score (nSPS) is 19.9. The van der Waals surface area contributed by atoms with Gasteiger partial charge in [0.25, 0.3) is 0 Å². The van der Waals surface area contributed by atoms with Crippen molar-refractivity contribution in [3.63, 3.8) is 0 Å². The highest BCUT2D eigenvalue weighted by Gasteiger charge is 2.37. The molecule has 0 aromatic rings. The fourth-order valence-electron chi connectivity index (χ4n) is 1.04. The van der Waals surface area contributed by atoms with Gasteiger partial charge in [0, 0.05) is 14.2 Å². The van der Waals surface area contributed by atoms with Crippen LogP contribution in [-0.2, 0) is 23.8 Å². The molecule has 0 aliphatic heterocycles. The number of carbonyl (C=O) groups excluding carboxylic acids is 2. The van der Waals surface area contributed by atoms with Gasteiger partial charge in [-0.25, -0.2) is 4.79 Å². The largest absolute Gasteiger partial charge is 0.467 e. The topological polar surface area (TPSA) is 102 Å². The van der Waals surface area contributed by atoms with Crippen LogP contribution in [0.2, 0.25) is 0 Å². The quantitative estimate of drug-likeness (QED) is 0.395. The summed E-state index contributed by atoms with van der Waals surface area (Å²) < 4.78 is 27.2. The van der Waals surface area contributed by atoms with Gasteiger partial charge < -0.3 is 29.2 Å². The molecule has 0 heterocycles. The van der Waals surface area contributed by atoms with Gasteiger partial charge in [0.05, 0.1) is 9.85 Å². The molecule has 0 fully saturated rings. The summed E-state index contributed by atoms with van der Waals surface area (Å²) in [7, 11) is -0.224. The number of ether oxygens (including phenoxy) is 3. The van der Waals surface area contributed by atoms with Crippen LogP contribution in [0.15, 0.2) is 0 Å². The first kappa shape index (κ1) is 11.5. The van der Waals surface area contributed by atoms with Crippen LogP contribution in [0.4, 0.5) is 0 Å². The molecule has 0 spiro atoms. The van der Waals surface area contributed by atoms with Crippen molar-refractivity contribution in [2.75, 3.05) is 21.3 Å². The van der Waals surface area contributed by atoms with Crippen LogP contribution in [0.5, 0.6) is 0 Å². The molecule has 0 bridgehead atoms. The maximum atomic E-state index is 11.1. The zero-order valence-corrected chi connectivity index (χ0v) is 8.74. The fourth-order valence-corrected chi connectivity index (χ4v) is 1.04. The lowest BCUT2D eigenvalue weighted by atomic mass is 10.0. The van der Waals surface area contributed by atoms with Gasteiger partial charge in [-0.1, -0.05) is 0 Å². The number of aliphatic hydroxyl groups is 2. The van der Waals surface area contributed by atoms with Gasteiger partial charge in [0.1, 0.15) is 18.3 Å². The summed E-state index contributed by atoms with van der Waals surface area (Å²) in [6, 6.07) is 0. The van der Waals surface area contributed by atoms with Gasteiger partial charge >= 0.3 is 5.97 Å². The van der Waals surface area contributed by atoms with E-state index in [9.17, 15) is 19.8 Å². The average Bonchev–Trinajstić information content (AvgIpc) is 2.39. The summed E-state index contributed by atoms with van der Waals surface area (Å²) in [5, 5.41) is 19.3. The lowest BCUT2D eigenvalue weighted by molar-refractivity contribution is -0.172. The Hall–Kier alpha value is -1.02. The Balaban J connectivity index is 4.84. The molecule has 7 nitrogen and oxygen atoms in total. The Bertz CT molecular complexity index is 263. The van der Waals surface area contributed by atoms with E-state index in [1.165, 1.54) is 0 Å². The van der Waals surface area contributed by atoms with Crippen LogP contribution in [0.1, 0.15) is 2.74 Å². The predicted octanol–water partition coefficient (Wildman–Crippen LogP) is -1.89. The van der Waals surface area contributed by atoms with E-state index < -0.39 is 44.6 Å². The number of carbonyl (C=O) groups is 2. The molecule has 0 amide bonds. The molecule has 4 atom stereocenters. The number of methoxy groups -OCH3 is 3. The second kappa shape index (κ2) is 7.29. The maximum Gasteiger partial charge on any atom is 0.337 e. The number of aldehydes is 1. The molecule has 0 saturated carbocycles. The van der Waals surface area contributed by atoms with Gasteiger partial charge in [0.2, 0.25) is 0 Å². The first-order valence-corrected chi connectivity index (χ1v) is 4.24. The Morgan fingerprint density at radius 1 is 1.38 bits per heavy atom. The van der Waals surface area contributed by atoms with Crippen LogP contribution >= 0.6 is 0 Å². The highest BCUT2D eigenvalue weighted by Crippen LogP contribution is 2.10. The van der Waals surface area contributed by atoms with Gasteiger partial charge in [0.15, 0.2) is 12.4 Å². The van der Waals surface area contributed by atoms with E-state index in [1.54, 1.807) is 0 Å². The summed E-state index contributed by atoms with van der Waals surface area (Å²) >= 11 is 0. The first-order chi connectivity index (χ1) is 8.53. The second-order valence-corrected chi connectivity index (χ2v) is 2.86. The third-order valence-electron chi connectivity index (χ3n) is 1.95. The standard InChI is InChI=1S/C9H16O7/c1-14-5(4-10)6(11)8(15-2)7(12)9(13)16-3/h4-8,11-12H,1-3H3/t5-,6+,7-,8-/m0/s1/i1D,2D. The van der Waals surface area contributed by atoms with E-state index in [-0.39, 0.29) is 6.29 Å². The van der Waals surface area contributed by atoms with Crippen molar-refractivity contribution in [3.05, 3.63) is 0 Å². The summed E-state index contributed by atoms with van der Waals surface area (Å²) in [5.74, 6) is -1.08. The lowest BCUT2D eigenvalue weighted by Gasteiger charge is -2.27. The molecule has 0 unspecified atom stereocenters. The van der Waals surface area contributed by atoms with Crippen molar-refractivity contribution >= 4 is 12.3 Å². The van der Waals surface area contributed by atoms with Gasteiger partial charge in [-0.3, -0.25) is 0 Å². The van der Waals surface area contributed by atoms with Crippen molar-refractivity contribution < 1.29 is 36.8 Å². The molecule has 0 aromatic carbocycles. The van der Waals surface area contributed by atoms with Crippen LogP contribution < -0.4 is 0 Å². The Morgan fingerprint density at radius 2 is 2.00 bits per heavy atom. The van der Waals surface area contributed by atoms with E-state index >= 15 is 0 Å². The molecule has 7 heteroatoms. The molecule has 0 aromatic heterocycles. The summed E-state index contributed by atoms with van der Waals surface area (Å²) in [6.45, 7) is 0. The molecule has 0 aliphatic carbocycles. The average molecular weight is 238 g/mol. The molecule has 0 radical (unpaired) electrons. The third-order valence-corrected chi connectivity index (χ3v) is 1.95. The van der Waals surface area contributed by atoms with Crippen molar-refractivity contribution in [1.29, 1.82) is 0 Å². The number of hydrogen-bond donors (Lipinski definition) is 2. The summed E-state index contributed by atoms with van der Waals surface area (Å²) in [5.41, 5.74) is 0. The fraction of sp³-hybridized carbons (Fsp3) is 0.778. The molecule has 0 aliphatic rings. The number of rotatable bonds is 7. The van der Waals surface area contributed by atoms with E-state index in [4.69, 9.17) is 2.74 Å². The van der Waals surface area contributed by atoms with Crippen molar-refractivity contribution in [1.82, 2.24) is 0 Å². The molecular weight excluding hydrogens is 220 g/mol. The molecular formula is C9H16O7. The monoisotopic (exact) mass is 238 g/mol. The molecule has 94 valence electrons. The maximum absolute atomic E-state index is 11.1. The summed E-state index contributed by atoms with van der Waals surface area (Å²) in [6.07, 6.45) is -6.36. The van der Waals surface area contributed by atoms with Crippen molar-refractivity contribution in [2.24, 2.45) is 0 Å². The third kappa shape index (κ3) is 3.53. The highest BCUT2D eigenvalue weighted by atomic mass is 16.6. The first-order valence-electron chi connectivity index (χ1n) is 5.65. The predicted molar refractivity (Wildman–Crippen MR) is 51.7 cm³/mol. The van der Waals surface area contributed by atoms with Crippen molar-refractivity contribution in [3.8, 4) is 0 Å². The highest BCUT2D eigenvalue weighted by molar-refractivity contribution is 5.75. The van der Waals surface area contributed by atoms with Gasteiger partial charge in [-0.05, 0) is 0 Å². The minimum atomic E-state index is -1.87. The number of aliphatic hydroxyl groups excluding tert-OH is 2. The zero-order valence-electron chi connectivity index (χ0n) is 10.7. The lowest BCUT2D eigenvalue weighted by Crippen LogP contribution is -2.50. The smallest absolute Gasteiger partial charge is 0.337 e. The van der Waals surface area contributed by atoms with E-state index in [2.05, 4.69) is 14.2 Å².